The minimum Gasteiger partial charge on any atom is -0.354 e. The summed E-state index contributed by atoms with van der Waals surface area (Å²) in [5.41, 5.74) is 1.77. The zero-order chi connectivity index (χ0) is 12.3. The second kappa shape index (κ2) is 5.05. The molecule has 0 aliphatic heterocycles. The normalized spacial score (nSPS) is 9.71. The molecular weight excluding hydrogens is 257 g/mol. The van der Waals surface area contributed by atoms with Crippen molar-refractivity contribution in [3.8, 4) is 6.07 Å². The second-order valence-corrected chi connectivity index (χ2v) is 4.13. The molecule has 0 atom stereocenters. The number of anilines is 2. The SMILES string of the molecule is N#Cc1cc(Nc2cc(Cl)ccc2Cl)ccn1. The molecule has 0 amide bonds. The van der Waals surface area contributed by atoms with Crippen LogP contribution in [-0.4, -0.2) is 4.98 Å². The highest BCUT2D eigenvalue weighted by molar-refractivity contribution is 6.35. The van der Waals surface area contributed by atoms with Gasteiger partial charge >= 0.3 is 0 Å². The summed E-state index contributed by atoms with van der Waals surface area (Å²) in [6.07, 6.45) is 1.55. The first-order valence-corrected chi connectivity index (χ1v) is 5.53. The van der Waals surface area contributed by atoms with Crippen molar-refractivity contribution in [3.05, 3.63) is 52.3 Å². The van der Waals surface area contributed by atoms with Crippen molar-refractivity contribution < 1.29 is 0 Å². The van der Waals surface area contributed by atoms with Gasteiger partial charge in [0.2, 0.25) is 0 Å². The Hall–Kier alpha value is -1.76. The Bertz CT molecular complexity index is 591. The predicted octanol–water partition coefficient (Wildman–Crippen LogP) is 4.00. The Morgan fingerprint density at radius 1 is 1.18 bits per heavy atom. The molecule has 0 radical (unpaired) electrons. The van der Waals surface area contributed by atoms with Crippen molar-refractivity contribution in [3.63, 3.8) is 0 Å². The van der Waals surface area contributed by atoms with Crippen LogP contribution in [0.3, 0.4) is 0 Å². The number of pyridine rings is 1. The van der Waals surface area contributed by atoms with Gasteiger partial charge in [0.1, 0.15) is 11.8 Å². The Morgan fingerprint density at radius 2 is 2.00 bits per heavy atom. The molecule has 0 aliphatic carbocycles. The van der Waals surface area contributed by atoms with Crippen LogP contribution in [0.5, 0.6) is 0 Å². The standard InChI is InChI=1S/C12H7Cl2N3/c13-8-1-2-11(14)12(5-8)17-9-3-4-16-10(6-9)7-15/h1-6H,(H,16,17). The van der Waals surface area contributed by atoms with Gasteiger partial charge < -0.3 is 5.32 Å². The van der Waals surface area contributed by atoms with E-state index in [0.717, 1.165) is 5.69 Å². The van der Waals surface area contributed by atoms with Gasteiger partial charge in [-0.15, -0.1) is 0 Å². The lowest BCUT2D eigenvalue weighted by Crippen LogP contribution is -1.93. The maximum absolute atomic E-state index is 8.74. The quantitative estimate of drug-likeness (QED) is 0.891. The molecule has 0 aliphatic rings. The van der Waals surface area contributed by atoms with Crippen molar-refractivity contribution >= 4 is 34.6 Å². The van der Waals surface area contributed by atoms with Gasteiger partial charge in [0, 0.05) is 16.9 Å². The van der Waals surface area contributed by atoms with Crippen LogP contribution in [0.25, 0.3) is 0 Å². The summed E-state index contributed by atoms with van der Waals surface area (Å²) in [6.45, 7) is 0. The maximum Gasteiger partial charge on any atom is 0.142 e. The van der Waals surface area contributed by atoms with Crippen LogP contribution in [0.15, 0.2) is 36.5 Å². The van der Waals surface area contributed by atoms with Gasteiger partial charge in [-0.2, -0.15) is 5.26 Å². The summed E-state index contributed by atoms with van der Waals surface area (Å²) in [6, 6.07) is 10.5. The van der Waals surface area contributed by atoms with Crippen molar-refractivity contribution in [2.75, 3.05) is 5.32 Å². The average Bonchev–Trinajstić information content (AvgIpc) is 2.34. The molecular formula is C12H7Cl2N3. The van der Waals surface area contributed by atoms with Gasteiger partial charge in [0.25, 0.3) is 0 Å². The van der Waals surface area contributed by atoms with E-state index in [2.05, 4.69) is 10.3 Å². The molecule has 17 heavy (non-hydrogen) atoms. The van der Waals surface area contributed by atoms with Crippen LogP contribution in [0.4, 0.5) is 11.4 Å². The molecule has 0 bridgehead atoms. The van der Waals surface area contributed by atoms with E-state index < -0.39 is 0 Å². The van der Waals surface area contributed by atoms with Gasteiger partial charge in [0.15, 0.2) is 0 Å². The van der Waals surface area contributed by atoms with Gasteiger partial charge in [-0.1, -0.05) is 23.2 Å². The van der Waals surface area contributed by atoms with Crippen molar-refractivity contribution in [2.45, 2.75) is 0 Å². The van der Waals surface area contributed by atoms with E-state index in [0.29, 0.717) is 21.4 Å². The summed E-state index contributed by atoms with van der Waals surface area (Å²) in [7, 11) is 0. The Kier molecular flexibility index (Phi) is 3.48. The third-order valence-electron chi connectivity index (χ3n) is 2.08. The van der Waals surface area contributed by atoms with Crippen molar-refractivity contribution in [1.82, 2.24) is 4.98 Å². The monoisotopic (exact) mass is 263 g/mol. The summed E-state index contributed by atoms with van der Waals surface area (Å²) < 4.78 is 0. The number of hydrogen-bond donors (Lipinski definition) is 1. The molecule has 1 aromatic heterocycles. The van der Waals surface area contributed by atoms with Crippen LogP contribution in [0.2, 0.25) is 10.0 Å². The zero-order valence-electron chi connectivity index (χ0n) is 8.61. The molecule has 0 spiro atoms. The van der Waals surface area contributed by atoms with Crippen LogP contribution in [0, 0.1) is 11.3 Å². The van der Waals surface area contributed by atoms with Gasteiger partial charge in [-0.25, -0.2) is 4.98 Å². The summed E-state index contributed by atoms with van der Waals surface area (Å²) >= 11 is 11.9. The first-order valence-electron chi connectivity index (χ1n) is 4.77. The fraction of sp³-hybridized carbons (Fsp3) is 0. The maximum atomic E-state index is 8.74. The van der Waals surface area contributed by atoms with E-state index in [4.69, 9.17) is 28.5 Å². The molecule has 0 fully saturated rings. The minimum absolute atomic E-state index is 0.341. The number of rotatable bonds is 2. The molecule has 2 rings (SSSR count). The number of halogens is 2. The lowest BCUT2D eigenvalue weighted by molar-refractivity contribution is 1.26. The number of nitrogens with zero attached hydrogens (tertiary/aromatic N) is 2. The Balaban J connectivity index is 2.31. The fourth-order valence-corrected chi connectivity index (χ4v) is 1.66. The van der Waals surface area contributed by atoms with Crippen LogP contribution >= 0.6 is 23.2 Å². The molecule has 1 aromatic carbocycles. The highest BCUT2D eigenvalue weighted by Gasteiger charge is 2.02. The molecule has 1 heterocycles. The van der Waals surface area contributed by atoms with E-state index >= 15 is 0 Å². The number of nitriles is 1. The zero-order valence-corrected chi connectivity index (χ0v) is 10.1. The molecule has 2 aromatic rings. The summed E-state index contributed by atoms with van der Waals surface area (Å²) in [5, 5.41) is 13.0. The Morgan fingerprint density at radius 3 is 2.76 bits per heavy atom. The predicted molar refractivity (Wildman–Crippen MR) is 68.7 cm³/mol. The largest absolute Gasteiger partial charge is 0.354 e. The summed E-state index contributed by atoms with van der Waals surface area (Å²) in [5.74, 6) is 0. The first kappa shape index (κ1) is 11.7. The molecule has 3 nitrogen and oxygen atoms in total. The van der Waals surface area contributed by atoms with E-state index in [1.807, 2.05) is 6.07 Å². The molecule has 0 unspecified atom stereocenters. The third kappa shape index (κ3) is 2.88. The van der Waals surface area contributed by atoms with Crippen LogP contribution in [-0.2, 0) is 0 Å². The van der Waals surface area contributed by atoms with Crippen molar-refractivity contribution in [1.29, 1.82) is 5.26 Å². The smallest absolute Gasteiger partial charge is 0.142 e. The molecule has 0 saturated carbocycles. The fourth-order valence-electron chi connectivity index (χ4n) is 1.32. The third-order valence-corrected chi connectivity index (χ3v) is 2.65. The molecule has 1 N–H and O–H groups in total. The highest BCUT2D eigenvalue weighted by Crippen LogP contribution is 2.28. The molecule has 84 valence electrons. The van der Waals surface area contributed by atoms with E-state index in [9.17, 15) is 0 Å². The van der Waals surface area contributed by atoms with Gasteiger partial charge in [-0.3, -0.25) is 0 Å². The second-order valence-electron chi connectivity index (χ2n) is 3.29. The average molecular weight is 264 g/mol. The first-order chi connectivity index (χ1) is 8.19. The number of benzene rings is 1. The van der Waals surface area contributed by atoms with Gasteiger partial charge in [0.05, 0.1) is 10.7 Å². The van der Waals surface area contributed by atoms with Crippen LogP contribution < -0.4 is 5.32 Å². The molecule has 0 saturated heterocycles. The van der Waals surface area contributed by atoms with E-state index in [1.165, 1.54) is 0 Å². The topological polar surface area (TPSA) is 48.7 Å². The lowest BCUT2D eigenvalue weighted by atomic mass is 10.3. The van der Waals surface area contributed by atoms with E-state index in [1.54, 1.807) is 36.5 Å². The minimum atomic E-state index is 0.341. The lowest BCUT2D eigenvalue weighted by Gasteiger charge is -2.08. The summed E-state index contributed by atoms with van der Waals surface area (Å²) in [4.78, 5) is 3.88. The number of hydrogen-bond acceptors (Lipinski definition) is 3. The Labute approximate surface area is 109 Å². The van der Waals surface area contributed by atoms with Crippen LogP contribution in [0.1, 0.15) is 5.69 Å². The number of aromatic nitrogens is 1. The molecule has 5 heteroatoms. The van der Waals surface area contributed by atoms with Crippen molar-refractivity contribution in [2.24, 2.45) is 0 Å². The van der Waals surface area contributed by atoms with Gasteiger partial charge in [-0.05, 0) is 30.3 Å². The van der Waals surface area contributed by atoms with E-state index in [-0.39, 0.29) is 0 Å². The number of nitrogens with one attached hydrogen (secondary N) is 1. The highest BCUT2D eigenvalue weighted by atomic mass is 35.5.